The number of oxime groups is 1. The molecule has 0 atom stereocenters. The van der Waals surface area contributed by atoms with Crippen LogP contribution in [0.25, 0.3) is 0 Å². The van der Waals surface area contributed by atoms with Gasteiger partial charge >= 0.3 is 0 Å². The lowest BCUT2D eigenvalue weighted by molar-refractivity contribution is 0.319. The van der Waals surface area contributed by atoms with Gasteiger partial charge in [0.15, 0.2) is 0 Å². The molecule has 1 aliphatic heterocycles. The Morgan fingerprint density at radius 1 is 1.12 bits per heavy atom. The second kappa shape index (κ2) is 3.96. The maximum absolute atomic E-state index is 9.21. The van der Waals surface area contributed by atoms with Crippen molar-refractivity contribution in [3.63, 3.8) is 0 Å². The Hall–Kier alpha value is -1.26. The van der Waals surface area contributed by atoms with Gasteiger partial charge in [0.05, 0.1) is 0 Å². The minimum atomic E-state index is 0.692. The molecule has 80 valence electrons. The molecule has 2 aromatic rings. The first kappa shape index (κ1) is 9.93. The minimum Gasteiger partial charge on any atom is -0.410 e. The van der Waals surface area contributed by atoms with Gasteiger partial charge in [-0.25, -0.2) is 0 Å². The van der Waals surface area contributed by atoms with E-state index in [1.54, 1.807) is 23.1 Å². The molecule has 0 unspecified atom stereocenters. The van der Waals surface area contributed by atoms with Crippen molar-refractivity contribution < 1.29 is 5.21 Å². The van der Waals surface area contributed by atoms with Crippen molar-refractivity contribution in [3.05, 3.63) is 51.7 Å². The van der Waals surface area contributed by atoms with Crippen LogP contribution in [0.1, 0.15) is 16.0 Å². The van der Waals surface area contributed by atoms with E-state index < -0.39 is 0 Å². The number of fused-ring (bicyclic) bond motifs is 2. The first-order valence-electron chi connectivity index (χ1n) is 4.91. The lowest BCUT2D eigenvalue weighted by atomic mass is 10.0. The summed E-state index contributed by atoms with van der Waals surface area (Å²) in [6, 6.07) is 10.1. The lowest BCUT2D eigenvalue weighted by Crippen LogP contribution is -2.03. The molecule has 1 aliphatic rings. The summed E-state index contributed by atoms with van der Waals surface area (Å²) in [5.41, 5.74) is 2.77. The van der Waals surface area contributed by atoms with Crippen molar-refractivity contribution in [1.82, 2.24) is 0 Å². The maximum Gasteiger partial charge on any atom is 0.119 e. The monoisotopic (exact) mass is 247 g/mol. The number of thioether (sulfide) groups is 1. The summed E-state index contributed by atoms with van der Waals surface area (Å²) in [5.74, 6) is 0.947. The zero-order valence-electron chi connectivity index (χ0n) is 8.38. The Labute approximate surface area is 102 Å². The summed E-state index contributed by atoms with van der Waals surface area (Å²) in [4.78, 5) is 2.45. The van der Waals surface area contributed by atoms with E-state index in [-0.39, 0.29) is 0 Å². The average Bonchev–Trinajstić information content (AvgIpc) is 2.72. The molecular formula is C12H9NOS2. The number of thiophene rings is 1. The number of rotatable bonds is 0. The Morgan fingerprint density at radius 2 is 2.00 bits per heavy atom. The van der Waals surface area contributed by atoms with E-state index >= 15 is 0 Å². The quantitative estimate of drug-likeness (QED) is 0.570. The first-order valence-corrected chi connectivity index (χ1v) is 6.77. The molecule has 0 bridgehead atoms. The normalized spacial score (nSPS) is 16.6. The summed E-state index contributed by atoms with van der Waals surface area (Å²) in [5, 5.41) is 14.7. The largest absolute Gasteiger partial charge is 0.410 e. The fourth-order valence-corrected chi connectivity index (χ4v) is 3.89. The van der Waals surface area contributed by atoms with Crippen LogP contribution in [-0.2, 0) is 5.75 Å². The third-order valence-electron chi connectivity index (χ3n) is 2.60. The van der Waals surface area contributed by atoms with E-state index in [1.807, 2.05) is 29.6 Å². The highest BCUT2D eigenvalue weighted by Crippen LogP contribution is 2.36. The summed E-state index contributed by atoms with van der Waals surface area (Å²) in [6.45, 7) is 0. The smallest absolute Gasteiger partial charge is 0.119 e. The van der Waals surface area contributed by atoms with Gasteiger partial charge in [0, 0.05) is 26.7 Å². The summed E-state index contributed by atoms with van der Waals surface area (Å²) in [6.07, 6.45) is 0. The van der Waals surface area contributed by atoms with Crippen LogP contribution < -0.4 is 0 Å². The van der Waals surface area contributed by atoms with Gasteiger partial charge < -0.3 is 5.21 Å². The maximum atomic E-state index is 9.21. The summed E-state index contributed by atoms with van der Waals surface area (Å²) >= 11 is 3.51. The Kier molecular flexibility index (Phi) is 2.46. The third kappa shape index (κ3) is 1.45. The van der Waals surface area contributed by atoms with Gasteiger partial charge in [-0.15, -0.1) is 23.1 Å². The Balaban J connectivity index is 2.26. The van der Waals surface area contributed by atoms with Crippen LogP contribution in [0.2, 0.25) is 0 Å². The van der Waals surface area contributed by atoms with E-state index in [2.05, 4.69) is 11.2 Å². The van der Waals surface area contributed by atoms with E-state index in [1.165, 1.54) is 9.77 Å². The van der Waals surface area contributed by atoms with E-state index in [4.69, 9.17) is 0 Å². The zero-order chi connectivity index (χ0) is 11.0. The molecule has 0 fully saturated rings. The highest BCUT2D eigenvalue weighted by Gasteiger charge is 2.20. The summed E-state index contributed by atoms with van der Waals surface area (Å²) < 4.78 is 0. The zero-order valence-corrected chi connectivity index (χ0v) is 10.0. The molecule has 2 nitrogen and oxygen atoms in total. The second-order valence-corrected chi connectivity index (χ2v) is 5.51. The number of hydrogen-bond donors (Lipinski definition) is 1. The van der Waals surface area contributed by atoms with Gasteiger partial charge in [-0.1, -0.05) is 23.4 Å². The molecule has 2 heterocycles. The van der Waals surface area contributed by atoms with E-state index in [0.29, 0.717) is 5.71 Å². The standard InChI is InChI=1S/C12H9NOS2/c14-13-12-8-3-1-2-4-10(8)16-7-11-9(12)5-6-15-11/h1-6,14H,7H2/b13-12-. The average molecular weight is 247 g/mol. The van der Waals surface area contributed by atoms with Gasteiger partial charge in [0.25, 0.3) is 0 Å². The summed E-state index contributed by atoms with van der Waals surface area (Å²) in [7, 11) is 0. The Bertz CT molecular complexity index is 560. The molecule has 3 rings (SSSR count). The van der Waals surface area contributed by atoms with Crippen molar-refractivity contribution in [2.24, 2.45) is 5.16 Å². The van der Waals surface area contributed by atoms with Crippen LogP contribution in [0.5, 0.6) is 0 Å². The molecule has 16 heavy (non-hydrogen) atoms. The van der Waals surface area contributed by atoms with Crippen LogP contribution in [0.15, 0.2) is 45.8 Å². The fourth-order valence-electron chi connectivity index (χ4n) is 1.85. The number of hydrogen-bond acceptors (Lipinski definition) is 4. The van der Waals surface area contributed by atoms with Crippen LogP contribution >= 0.6 is 23.1 Å². The van der Waals surface area contributed by atoms with Crippen LogP contribution in [0.4, 0.5) is 0 Å². The van der Waals surface area contributed by atoms with Crippen molar-refractivity contribution in [2.75, 3.05) is 0 Å². The predicted octanol–water partition coefficient (Wildman–Crippen LogP) is 3.58. The third-order valence-corrected chi connectivity index (χ3v) is 4.81. The molecule has 1 aromatic carbocycles. The van der Waals surface area contributed by atoms with Gasteiger partial charge in [0.2, 0.25) is 0 Å². The molecule has 1 N–H and O–H groups in total. The molecule has 4 heteroatoms. The topological polar surface area (TPSA) is 32.6 Å². The molecule has 0 spiro atoms. The lowest BCUT2D eigenvalue weighted by Gasteiger charge is -2.04. The predicted molar refractivity (Wildman–Crippen MR) is 67.7 cm³/mol. The molecular weight excluding hydrogens is 238 g/mol. The highest BCUT2D eigenvalue weighted by molar-refractivity contribution is 7.98. The molecule has 0 saturated heterocycles. The van der Waals surface area contributed by atoms with Crippen molar-refractivity contribution in [3.8, 4) is 0 Å². The number of benzene rings is 1. The molecule has 0 amide bonds. The van der Waals surface area contributed by atoms with E-state index in [0.717, 1.165) is 16.9 Å². The van der Waals surface area contributed by atoms with Gasteiger partial charge in [0.1, 0.15) is 5.71 Å². The molecule has 0 aliphatic carbocycles. The minimum absolute atomic E-state index is 0.692. The Morgan fingerprint density at radius 3 is 2.88 bits per heavy atom. The van der Waals surface area contributed by atoms with Crippen molar-refractivity contribution in [1.29, 1.82) is 0 Å². The molecule has 0 saturated carbocycles. The van der Waals surface area contributed by atoms with Crippen LogP contribution in [0.3, 0.4) is 0 Å². The molecule has 0 radical (unpaired) electrons. The van der Waals surface area contributed by atoms with Crippen molar-refractivity contribution in [2.45, 2.75) is 10.6 Å². The molecule has 1 aromatic heterocycles. The van der Waals surface area contributed by atoms with Gasteiger partial charge in [-0.05, 0) is 17.5 Å². The van der Waals surface area contributed by atoms with Crippen molar-refractivity contribution >= 4 is 28.8 Å². The van der Waals surface area contributed by atoms with Crippen LogP contribution in [-0.4, -0.2) is 10.9 Å². The van der Waals surface area contributed by atoms with Crippen LogP contribution in [0, 0.1) is 0 Å². The SMILES string of the molecule is O/N=C1/c2ccccc2SCc2sccc21. The first-order chi connectivity index (χ1) is 7.90. The van der Waals surface area contributed by atoms with Gasteiger partial charge in [-0.2, -0.15) is 0 Å². The highest BCUT2D eigenvalue weighted by atomic mass is 32.2. The second-order valence-electron chi connectivity index (χ2n) is 3.49. The van der Waals surface area contributed by atoms with Gasteiger partial charge in [-0.3, -0.25) is 0 Å². The fraction of sp³-hybridized carbons (Fsp3) is 0.0833. The van der Waals surface area contributed by atoms with E-state index in [9.17, 15) is 5.21 Å². The number of nitrogens with zero attached hydrogens (tertiary/aromatic N) is 1.